The van der Waals surface area contributed by atoms with Gasteiger partial charge in [-0.3, -0.25) is 39.2 Å². The number of nitrogens with one attached hydrogen (secondary N) is 1. The number of fused-ring (bicyclic) bond motifs is 4. The predicted octanol–water partition coefficient (Wildman–Crippen LogP) is 1.51. The standard InChI is InChI=1S/C26H29N5O6/c1-5-14(2)31-21(33)17(20(32)27-24(31)36)12-15-8-9-18-16(11-15)13-26(19-7-6-10-30(18)19)22(34)28(3)25(37)29(4)23(26)35/h8-9,11-12,14,19H,5-7,10,13H2,1-4H3,(H,27,32,36)/b17-12+/t14-,19+/m1/s1. The summed E-state index contributed by atoms with van der Waals surface area (Å²) < 4.78 is 0. The Labute approximate surface area is 214 Å². The third kappa shape index (κ3) is 3.40. The molecule has 4 aliphatic heterocycles. The lowest BCUT2D eigenvalue weighted by atomic mass is 9.68. The number of rotatable bonds is 3. The van der Waals surface area contributed by atoms with Gasteiger partial charge in [-0.2, -0.15) is 0 Å². The van der Waals surface area contributed by atoms with Gasteiger partial charge in [0.25, 0.3) is 11.8 Å². The molecule has 37 heavy (non-hydrogen) atoms. The van der Waals surface area contributed by atoms with Crippen LogP contribution in [0.5, 0.6) is 0 Å². The van der Waals surface area contributed by atoms with Crippen LogP contribution in [0.25, 0.3) is 6.08 Å². The molecule has 4 heterocycles. The first-order chi connectivity index (χ1) is 17.5. The van der Waals surface area contributed by atoms with E-state index in [0.717, 1.165) is 26.8 Å². The molecule has 11 nitrogen and oxygen atoms in total. The average Bonchev–Trinajstić information content (AvgIpc) is 3.38. The lowest BCUT2D eigenvalue weighted by molar-refractivity contribution is -0.159. The fraction of sp³-hybridized carbons (Fsp3) is 0.462. The summed E-state index contributed by atoms with van der Waals surface area (Å²) in [5.41, 5.74) is 0.513. The molecular weight excluding hydrogens is 478 g/mol. The molecule has 0 radical (unpaired) electrons. The summed E-state index contributed by atoms with van der Waals surface area (Å²) in [5.74, 6) is -2.48. The van der Waals surface area contributed by atoms with Gasteiger partial charge in [-0.1, -0.05) is 13.0 Å². The van der Waals surface area contributed by atoms with Gasteiger partial charge in [-0.05, 0) is 61.9 Å². The van der Waals surface area contributed by atoms with Gasteiger partial charge in [0.05, 0.1) is 6.04 Å². The predicted molar refractivity (Wildman–Crippen MR) is 132 cm³/mol. The van der Waals surface area contributed by atoms with E-state index in [1.165, 1.54) is 20.2 Å². The van der Waals surface area contributed by atoms with Crippen LogP contribution < -0.4 is 10.2 Å². The maximum Gasteiger partial charge on any atom is 0.332 e. The summed E-state index contributed by atoms with van der Waals surface area (Å²) in [5, 5.41) is 2.23. The number of barbiturate groups is 2. The van der Waals surface area contributed by atoms with Crippen molar-refractivity contribution >= 4 is 47.5 Å². The van der Waals surface area contributed by atoms with E-state index >= 15 is 0 Å². The molecule has 4 aliphatic rings. The number of hydrogen-bond acceptors (Lipinski definition) is 7. The largest absolute Gasteiger partial charge is 0.367 e. The Balaban J connectivity index is 1.57. The summed E-state index contributed by atoms with van der Waals surface area (Å²) in [6.07, 6.45) is 3.50. The molecule has 1 N–H and O–H groups in total. The minimum Gasteiger partial charge on any atom is -0.367 e. The van der Waals surface area contributed by atoms with Gasteiger partial charge in [-0.25, -0.2) is 9.59 Å². The number of amides is 8. The molecule has 0 saturated carbocycles. The molecule has 3 fully saturated rings. The van der Waals surface area contributed by atoms with Gasteiger partial charge in [-0.15, -0.1) is 0 Å². The molecule has 0 unspecified atom stereocenters. The number of hydrogen-bond donors (Lipinski definition) is 1. The zero-order valence-electron chi connectivity index (χ0n) is 21.2. The van der Waals surface area contributed by atoms with Crippen LogP contribution in [0.4, 0.5) is 15.3 Å². The molecule has 0 aliphatic carbocycles. The molecule has 11 heteroatoms. The van der Waals surface area contributed by atoms with Crippen LogP contribution in [0, 0.1) is 5.41 Å². The summed E-state index contributed by atoms with van der Waals surface area (Å²) in [7, 11) is 2.78. The molecule has 8 amide bonds. The Bertz CT molecular complexity index is 1280. The first kappa shape index (κ1) is 24.7. The molecule has 1 aromatic rings. The Morgan fingerprint density at radius 2 is 1.76 bits per heavy atom. The molecule has 1 aromatic carbocycles. The zero-order valence-corrected chi connectivity index (χ0v) is 21.2. The monoisotopic (exact) mass is 507 g/mol. The van der Waals surface area contributed by atoms with Crippen molar-refractivity contribution in [3.8, 4) is 0 Å². The van der Waals surface area contributed by atoms with Crippen LogP contribution in [0.2, 0.25) is 0 Å². The van der Waals surface area contributed by atoms with Crippen LogP contribution in [0.3, 0.4) is 0 Å². The zero-order chi connectivity index (χ0) is 26.8. The van der Waals surface area contributed by atoms with Gasteiger partial charge < -0.3 is 4.90 Å². The van der Waals surface area contributed by atoms with Gasteiger partial charge in [0.1, 0.15) is 5.57 Å². The van der Waals surface area contributed by atoms with Crippen LogP contribution in [-0.2, 0) is 25.6 Å². The molecular formula is C26H29N5O6. The van der Waals surface area contributed by atoms with E-state index in [-0.39, 0.29) is 24.1 Å². The summed E-state index contributed by atoms with van der Waals surface area (Å²) in [6, 6.07) is 3.24. The highest BCUT2D eigenvalue weighted by Gasteiger charge is 2.63. The molecule has 194 valence electrons. The molecule has 2 atom stereocenters. The molecule has 0 aromatic heterocycles. The average molecular weight is 508 g/mol. The van der Waals surface area contributed by atoms with Crippen molar-refractivity contribution in [2.75, 3.05) is 25.5 Å². The fourth-order valence-corrected chi connectivity index (χ4v) is 6.05. The summed E-state index contributed by atoms with van der Waals surface area (Å²) in [4.78, 5) is 82.6. The second-order valence-electron chi connectivity index (χ2n) is 10.1. The minimum absolute atomic E-state index is 0.0950. The first-order valence-corrected chi connectivity index (χ1v) is 12.4. The Hall–Kier alpha value is -4.02. The van der Waals surface area contributed by atoms with E-state index in [1.54, 1.807) is 19.1 Å². The molecule has 1 spiro atoms. The Morgan fingerprint density at radius 3 is 2.41 bits per heavy atom. The van der Waals surface area contributed by atoms with Gasteiger partial charge in [0.15, 0.2) is 5.41 Å². The second-order valence-corrected chi connectivity index (χ2v) is 10.1. The number of benzene rings is 1. The van der Waals surface area contributed by atoms with Crippen LogP contribution in [-0.4, -0.2) is 83.1 Å². The van der Waals surface area contributed by atoms with Crippen molar-refractivity contribution in [3.63, 3.8) is 0 Å². The van der Waals surface area contributed by atoms with E-state index in [2.05, 4.69) is 10.2 Å². The number of anilines is 1. The number of carbonyl (C=O) groups is 6. The maximum absolute atomic E-state index is 13.6. The molecule has 0 bridgehead atoms. The summed E-state index contributed by atoms with van der Waals surface area (Å²) >= 11 is 0. The highest BCUT2D eigenvalue weighted by molar-refractivity contribution is 6.31. The van der Waals surface area contributed by atoms with E-state index in [4.69, 9.17) is 0 Å². The lowest BCUT2D eigenvalue weighted by Gasteiger charge is -2.50. The second kappa shape index (κ2) is 8.53. The van der Waals surface area contributed by atoms with Crippen LogP contribution in [0.15, 0.2) is 23.8 Å². The van der Waals surface area contributed by atoms with Gasteiger partial charge >= 0.3 is 12.1 Å². The van der Waals surface area contributed by atoms with E-state index in [9.17, 15) is 28.8 Å². The smallest absolute Gasteiger partial charge is 0.332 e. The number of imide groups is 4. The van der Waals surface area contributed by atoms with Gasteiger partial charge in [0, 0.05) is 32.4 Å². The van der Waals surface area contributed by atoms with E-state index in [0.29, 0.717) is 30.5 Å². The SMILES string of the molecule is CC[C@@H](C)N1C(=O)NC(=O)/C(=C\c2ccc3c(c2)CC2(C(=O)N(C)C(=O)N(C)C2=O)[C@@H]2CCCN32)C1=O. The van der Waals surface area contributed by atoms with E-state index in [1.807, 2.05) is 13.0 Å². The van der Waals surface area contributed by atoms with Crippen molar-refractivity contribution < 1.29 is 28.8 Å². The fourth-order valence-electron chi connectivity index (χ4n) is 6.05. The third-order valence-corrected chi connectivity index (χ3v) is 8.13. The quantitative estimate of drug-likeness (QED) is 0.373. The van der Waals surface area contributed by atoms with Crippen LogP contribution in [0.1, 0.15) is 44.2 Å². The Kier molecular flexibility index (Phi) is 5.69. The Morgan fingerprint density at radius 1 is 1.08 bits per heavy atom. The third-order valence-electron chi connectivity index (χ3n) is 8.13. The van der Waals surface area contributed by atoms with Crippen molar-refractivity contribution in [1.29, 1.82) is 0 Å². The minimum atomic E-state index is -1.44. The topological polar surface area (TPSA) is 127 Å². The number of carbonyl (C=O) groups excluding carboxylic acids is 6. The van der Waals surface area contributed by atoms with Crippen LogP contribution >= 0.6 is 0 Å². The number of nitrogens with zero attached hydrogens (tertiary/aromatic N) is 4. The van der Waals surface area contributed by atoms with Crippen molar-refractivity contribution in [1.82, 2.24) is 20.0 Å². The van der Waals surface area contributed by atoms with Gasteiger partial charge in [0.2, 0.25) is 11.8 Å². The highest BCUT2D eigenvalue weighted by Crippen LogP contribution is 2.49. The normalized spacial score (nSPS) is 25.2. The molecule has 5 rings (SSSR count). The lowest BCUT2D eigenvalue weighted by Crippen LogP contribution is -2.70. The molecule has 3 saturated heterocycles. The maximum atomic E-state index is 13.6. The van der Waals surface area contributed by atoms with Crippen molar-refractivity contribution in [3.05, 3.63) is 34.9 Å². The van der Waals surface area contributed by atoms with Crippen molar-refractivity contribution in [2.24, 2.45) is 5.41 Å². The number of urea groups is 2. The highest BCUT2D eigenvalue weighted by atomic mass is 16.2. The summed E-state index contributed by atoms with van der Waals surface area (Å²) in [6.45, 7) is 4.23. The van der Waals surface area contributed by atoms with Crippen molar-refractivity contribution in [2.45, 2.75) is 51.6 Å². The van der Waals surface area contributed by atoms with E-state index < -0.39 is 41.1 Å². The first-order valence-electron chi connectivity index (χ1n) is 12.4.